The van der Waals surface area contributed by atoms with Crippen molar-refractivity contribution in [3.63, 3.8) is 0 Å². The number of carbonyl (C=O) groups excluding carboxylic acids is 1. The third-order valence-electron chi connectivity index (χ3n) is 2.34. The number of carbonyl (C=O) groups is 1. The smallest absolute Gasteiger partial charge is 0.407 e. The van der Waals surface area contributed by atoms with E-state index in [2.05, 4.69) is 32.0 Å². The molecule has 21 heavy (non-hydrogen) atoms. The van der Waals surface area contributed by atoms with Crippen LogP contribution in [0.5, 0.6) is 0 Å². The molecule has 6 heteroatoms. The van der Waals surface area contributed by atoms with Crippen molar-refractivity contribution in [3.05, 3.63) is 35.9 Å². The maximum absolute atomic E-state index is 11.4. The van der Waals surface area contributed by atoms with Crippen LogP contribution in [-0.2, 0) is 20.8 Å². The van der Waals surface area contributed by atoms with Crippen LogP contribution < -0.4 is 5.32 Å². The predicted octanol–water partition coefficient (Wildman–Crippen LogP) is 2.30. The third kappa shape index (κ3) is 9.91. The maximum atomic E-state index is 11.4. The van der Waals surface area contributed by atoms with Gasteiger partial charge in [0.25, 0.3) is 0 Å². The SMILES string of the molecule is O=C(NCCOCCOCC#CBr)OCc1ccccc1. The summed E-state index contributed by atoms with van der Waals surface area (Å²) >= 11 is 2.97. The Hall–Kier alpha value is -1.55. The van der Waals surface area contributed by atoms with Crippen LogP contribution in [0.4, 0.5) is 4.79 Å². The number of ether oxygens (including phenoxy) is 3. The number of benzene rings is 1. The van der Waals surface area contributed by atoms with E-state index in [1.54, 1.807) is 0 Å². The van der Waals surface area contributed by atoms with Crippen molar-refractivity contribution in [2.45, 2.75) is 6.61 Å². The summed E-state index contributed by atoms with van der Waals surface area (Å²) in [6.07, 6.45) is -0.453. The molecule has 0 spiro atoms. The van der Waals surface area contributed by atoms with Crippen LogP contribution in [0.1, 0.15) is 5.56 Å². The number of alkyl carbamates (subject to hydrolysis) is 1. The molecule has 0 aliphatic rings. The normalized spacial score (nSPS) is 9.57. The second-order valence-electron chi connectivity index (χ2n) is 3.92. The Kier molecular flexibility index (Phi) is 10.2. The highest BCUT2D eigenvalue weighted by atomic mass is 79.9. The zero-order valence-electron chi connectivity index (χ0n) is 11.6. The lowest BCUT2D eigenvalue weighted by molar-refractivity contribution is 0.0602. The molecule has 0 heterocycles. The Morgan fingerprint density at radius 2 is 1.90 bits per heavy atom. The van der Waals surface area contributed by atoms with Gasteiger partial charge in [-0.2, -0.15) is 0 Å². The second kappa shape index (κ2) is 12.2. The summed E-state index contributed by atoms with van der Waals surface area (Å²) in [6.45, 7) is 2.38. The van der Waals surface area contributed by atoms with Gasteiger partial charge in [-0.05, 0) is 10.4 Å². The Bertz CT molecular complexity index is 456. The quantitative estimate of drug-likeness (QED) is 0.545. The third-order valence-corrected chi connectivity index (χ3v) is 2.62. The number of rotatable bonds is 9. The van der Waals surface area contributed by atoms with Crippen molar-refractivity contribution < 1.29 is 19.0 Å². The maximum Gasteiger partial charge on any atom is 0.407 e. The number of amides is 1. The van der Waals surface area contributed by atoms with Crippen LogP contribution in [0.3, 0.4) is 0 Å². The van der Waals surface area contributed by atoms with Crippen molar-refractivity contribution in [2.24, 2.45) is 0 Å². The van der Waals surface area contributed by atoms with Crippen LogP contribution in [0, 0.1) is 10.8 Å². The molecule has 0 unspecified atom stereocenters. The summed E-state index contributed by atoms with van der Waals surface area (Å²) in [7, 11) is 0. The molecular weight excluding hydrogens is 338 g/mol. The molecule has 114 valence electrons. The minimum absolute atomic E-state index is 0.260. The lowest BCUT2D eigenvalue weighted by Gasteiger charge is -2.07. The van der Waals surface area contributed by atoms with Gasteiger partial charge in [-0.3, -0.25) is 0 Å². The molecule has 0 radical (unpaired) electrons. The zero-order valence-corrected chi connectivity index (χ0v) is 13.2. The zero-order chi connectivity index (χ0) is 15.2. The van der Waals surface area contributed by atoms with Gasteiger partial charge in [0.15, 0.2) is 0 Å². The number of hydrogen-bond donors (Lipinski definition) is 1. The van der Waals surface area contributed by atoms with E-state index in [-0.39, 0.29) is 6.61 Å². The largest absolute Gasteiger partial charge is 0.445 e. The molecule has 0 atom stereocenters. The first kappa shape index (κ1) is 17.5. The highest BCUT2D eigenvalue weighted by Crippen LogP contribution is 2.00. The second-order valence-corrected chi connectivity index (χ2v) is 4.32. The summed E-state index contributed by atoms with van der Waals surface area (Å²) in [4.78, 5) is 13.9. The van der Waals surface area contributed by atoms with E-state index in [1.165, 1.54) is 0 Å². The molecule has 0 aliphatic heterocycles. The molecule has 0 saturated heterocycles. The first-order valence-corrected chi connectivity index (χ1v) is 7.30. The number of halogens is 1. The average Bonchev–Trinajstić information content (AvgIpc) is 2.52. The van der Waals surface area contributed by atoms with E-state index in [4.69, 9.17) is 14.2 Å². The van der Waals surface area contributed by atoms with E-state index in [0.29, 0.717) is 33.0 Å². The van der Waals surface area contributed by atoms with Crippen molar-refractivity contribution in [1.82, 2.24) is 5.32 Å². The predicted molar refractivity (Wildman–Crippen MR) is 83.0 cm³/mol. The molecule has 1 N–H and O–H groups in total. The first-order valence-electron chi connectivity index (χ1n) is 6.51. The molecule has 0 aromatic heterocycles. The van der Waals surface area contributed by atoms with Crippen LogP contribution in [-0.4, -0.2) is 39.1 Å². The summed E-state index contributed by atoms with van der Waals surface area (Å²) < 4.78 is 15.5. The van der Waals surface area contributed by atoms with Gasteiger partial charge < -0.3 is 19.5 Å². The fourth-order valence-corrected chi connectivity index (χ4v) is 1.48. The van der Waals surface area contributed by atoms with E-state index in [1.807, 2.05) is 30.3 Å². The molecular formula is C15H18BrNO4. The monoisotopic (exact) mass is 355 g/mol. The molecule has 1 aromatic rings. The van der Waals surface area contributed by atoms with Crippen molar-refractivity contribution in [2.75, 3.05) is 33.0 Å². The van der Waals surface area contributed by atoms with Gasteiger partial charge in [-0.1, -0.05) is 36.3 Å². The van der Waals surface area contributed by atoms with E-state index in [9.17, 15) is 4.79 Å². The summed E-state index contributed by atoms with van der Waals surface area (Å²) in [6, 6.07) is 9.51. The lowest BCUT2D eigenvalue weighted by atomic mass is 10.2. The minimum atomic E-state index is -0.453. The Morgan fingerprint density at radius 1 is 1.14 bits per heavy atom. The van der Waals surface area contributed by atoms with Gasteiger partial charge in [0, 0.05) is 22.5 Å². The molecule has 1 amide bonds. The van der Waals surface area contributed by atoms with Gasteiger partial charge in [-0.15, -0.1) is 0 Å². The molecule has 5 nitrogen and oxygen atoms in total. The van der Waals surface area contributed by atoms with Gasteiger partial charge >= 0.3 is 6.09 Å². The van der Waals surface area contributed by atoms with Gasteiger partial charge in [0.05, 0.1) is 19.8 Å². The van der Waals surface area contributed by atoms with Gasteiger partial charge in [0.2, 0.25) is 0 Å². The molecule has 1 aromatic carbocycles. The Balaban J connectivity index is 1.92. The molecule has 0 bridgehead atoms. The van der Waals surface area contributed by atoms with E-state index >= 15 is 0 Å². The topological polar surface area (TPSA) is 56.8 Å². The lowest BCUT2D eigenvalue weighted by Crippen LogP contribution is -2.28. The van der Waals surface area contributed by atoms with Gasteiger partial charge in [0.1, 0.15) is 13.2 Å². The Morgan fingerprint density at radius 3 is 2.67 bits per heavy atom. The van der Waals surface area contributed by atoms with Crippen molar-refractivity contribution in [3.8, 4) is 10.8 Å². The van der Waals surface area contributed by atoms with Crippen LogP contribution in [0.25, 0.3) is 0 Å². The van der Waals surface area contributed by atoms with E-state index in [0.717, 1.165) is 5.56 Å². The fraction of sp³-hybridized carbons (Fsp3) is 0.400. The van der Waals surface area contributed by atoms with Crippen LogP contribution in [0.15, 0.2) is 30.3 Å². The molecule has 0 saturated carbocycles. The van der Waals surface area contributed by atoms with Crippen molar-refractivity contribution >= 4 is 22.0 Å². The van der Waals surface area contributed by atoms with Crippen LogP contribution in [0.2, 0.25) is 0 Å². The molecule has 0 aliphatic carbocycles. The van der Waals surface area contributed by atoms with Crippen molar-refractivity contribution in [1.29, 1.82) is 0 Å². The minimum Gasteiger partial charge on any atom is -0.445 e. The number of nitrogens with one attached hydrogen (secondary N) is 1. The summed E-state index contributed by atoms with van der Waals surface area (Å²) in [5.74, 6) is 2.71. The average molecular weight is 356 g/mol. The first-order chi connectivity index (χ1) is 10.3. The standard InChI is InChI=1S/C15H18BrNO4/c16-7-4-9-19-11-12-20-10-8-17-15(18)21-13-14-5-2-1-3-6-14/h1-3,5-6H,8-13H2,(H,17,18). The highest BCUT2D eigenvalue weighted by molar-refractivity contribution is 9.12. The summed E-state index contributed by atoms with van der Waals surface area (Å²) in [5, 5.41) is 2.61. The fourth-order valence-electron chi connectivity index (χ4n) is 1.37. The molecule has 1 rings (SSSR count). The van der Waals surface area contributed by atoms with E-state index < -0.39 is 6.09 Å². The summed E-state index contributed by atoms with van der Waals surface area (Å²) in [5.41, 5.74) is 0.952. The van der Waals surface area contributed by atoms with Gasteiger partial charge in [-0.25, -0.2) is 4.79 Å². The Labute approximate surface area is 133 Å². The highest BCUT2D eigenvalue weighted by Gasteiger charge is 2.01. The van der Waals surface area contributed by atoms with Crippen LogP contribution >= 0.6 is 15.9 Å². The number of hydrogen-bond acceptors (Lipinski definition) is 4. The molecule has 0 fully saturated rings.